The van der Waals surface area contributed by atoms with E-state index >= 15 is 0 Å². The SMILES string of the molecule is Cc1ccc(-n2nc3c(c2NC(=O)C2CC(=O)N(c4ccccc4)C2)CSC3)c(C)c1. The molecule has 31 heavy (non-hydrogen) atoms. The molecule has 1 atom stereocenters. The van der Waals surface area contributed by atoms with E-state index in [4.69, 9.17) is 5.10 Å². The Labute approximate surface area is 185 Å². The fraction of sp³-hybridized carbons (Fsp3) is 0.292. The third-order valence-corrected chi connectivity index (χ3v) is 6.91. The molecule has 1 unspecified atom stereocenters. The zero-order valence-electron chi connectivity index (χ0n) is 17.6. The van der Waals surface area contributed by atoms with Crippen LogP contribution in [-0.2, 0) is 21.1 Å². The van der Waals surface area contributed by atoms with Crippen molar-refractivity contribution >= 4 is 35.1 Å². The number of fused-ring (bicyclic) bond motifs is 1. The zero-order valence-corrected chi connectivity index (χ0v) is 18.4. The number of nitrogens with one attached hydrogen (secondary N) is 1. The predicted molar refractivity (Wildman–Crippen MR) is 124 cm³/mol. The van der Waals surface area contributed by atoms with Crippen LogP contribution < -0.4 is 10.2 Å². The summed E-state index contributed by atoms with van der Waals surface area (Å²) in [7, 11) is 0. The molecule has 1 aromatic heterocycles. The molecule has 6 nitrogen and oxygen atoms in total. The van der Waals surface area contributed by atoms with Crippen molar-refractivity contribution in [1.29, 1.82) is 0 Å². The summed E-state index contributed by atoms with van der Waals surface area (Å²) in [6.45, 7) is 4.51. The van der Waals surface area contributed by atoms with Gasteiger partial charge >= 0.3 is 0 Å². The highest BCUT2D eigenvalue weighted by Gasteiger charge is 2.36. The van der Waals surface area contributed by atoms with Gasteiger partial charge in [-0.3, -0.25) is 9.59 Å². The molecule has 0 bridgehead atoms. The van der Waals surface area contributed by atoms with Gasteiger partial charge in [-0.05, 0) is 37.6 Å². The largest absolute Gasteiger partial charge is 0.312 e. The number of thioether (sulfide) groups is 1. The van der Waals surface area contributed by atoms with E-state index in [0.29, 0.717) is 6.54 Å². The first-order chi connectivity index (χ1) is 15.0. The molecule has 2 aliphatic rings. The Morgan fingerprint density at radius 1 is 1.13 bits per heavy atom. The summed E-state index contributed by atoms with van der Waals surface area (Å²) >= 11 is 1.80. The molecule has 1 saturated heterocycles. The van der Waals surface area contributed by atoms with Crippen molar-refractivity contribution in [2.75, 3.05) is 16.8 Å². The van der Waals surface area contributed by atoms with E-state index in [1.54, 1.807) is 16.7 Å². The van der Waals surface area contributed by atoms with Gasteiger partial charge in [0.25, 0.3) is 0 Å². The first-order valence-electron chi connectivity index (χ1n) is 10.4. The quantitative estimate of drug-likeness (QED) is 0.670. The van der Waals surface area contributed by atoms with Gasteiger partial charge in [0.15, 0.2) is 0 Å². The second-order valence-electron chi connectivity index (χ2n) is 8.20. The molecule has 1 N–H and O–H groups in total. The lowest BCUT2D eigenvalue weighted by molar-refractivity contribution is -0.122. The van der Waals surface area contributed by atoms with Gasteiger partial charge in [-0.1, -0.05) is 35.9 Å². The third kappa shape index (κ3) is 3.63. The van der Waals surface area contributed by atoms with E-state index in [1.807, 2.05) is 41.1 Å². The number of hydrogen-bond donors (Lipinski definition) is 1. The molecule has 1 fully saturated rings. The van der Waals surface area contributed by atoms with Crippen molar-refractivity contribution in [2.45, 2.75) is 31.8 Å². The van der Waals surface area contributed by atoms with Gasteiger partial charge in [0, 0.05) is 35.7 Å². The van der Waals surface area contributed by atoms with E-state index < -0.39 is 0 Å². The number of amides is 2. The van der Waals surface area contributed by atoms with Crippen molar-refractivity contribution in [1.82, 2.24) is 9.78 Å². The average molecular weight is 433 g/mol. The number of para-hydroxylation sites is 1. The number of carbonyl (C=O) groups excluding carboxylic acids is 2. The second-order valence-corrected chi connectivity index (χ2v) is 9.18. The van der Waals surface area contributed by atoms with Crippen LogP contribution in [0.4, 0.5) is 11.5 Å². The smallest absolute Gasteiger partial charge is 0.230 e. The fourth-order valence-corrected chi connectivity index (χ4v) is 5.35. The highest BCUT2D eigenvalue weighted by atomic mass is 32.2. The zero-order chi connectivity index (χ0) is 21.5. The lowest BCUT2D eigenvalue weighted by Crippen LogP contribution is -2.28. The maximum absolute atomic E-state index is 13.2. The van der Waals surface area contributed by atoms with E-state index in [1.165, 1.54) is 5.56 Å². The van der Waals surface area contributed by atoms with Crippen LogP contribution in [0.3, 0.4) is 0 Å². The molecule has 0 spiro atoms. The topological polar surface area (TPSA) is 67.2 Å². The van der Waals surface area contributed by atoms with Crippen molar-refractivity contribution < 1.29 is 9.59 Å². The van der Waals surface area contributed by atoms with Crippen molar-refractivity contribution in [3.05, 3.63) is 70.9 Å². The highest BCUT2D eigenvalue weighted by molar-refractivity contribution is 7.98. The summed E-state index contributed by atoms with van der Waals surface area (Å²) in [5.74, 6) is 1.88. The number of anilines is 2. The van der Waals surface area contributed by atoms with Crippen molar-refractivity contribution in [2.24, 2.45) is 5.92 Å². The first kappa shape index (κ1) is 19.9. The van der Waals surface area contributed by atoms with Crippen LogP contribution in [0.5, 0.6) is 0 Å². The molecule has 0 aliphatic carbocycles. The summed E-state index contributed by atoms with van der Waals surface area (Å²) < 4.78 is 1.86. The summed E-state index contributed by atoms with van der Waals surface area (Å²) in [5, 5.41) is 7.95. The van der Waals surface area contributed by atoms with Crippen LogP contribution in [0.2, 0.25) is 0 Å². The molecule has 3 aromatic rings. The minimum atomic E-state index is -0.389. The van der Waals surface area contributed by atoms with Crippen LogP contribution in [0.25, 0.3) is 5.69 Å². The molecule has 7 heteroatoms. The maximum atomic E-state index is 13.2. The summed E-state index contributed by atoms with van der Waals surface area (Å²) in [5.41, 5.74) is 6.20. The lowest BCUT2D eigenvalue weighted by atomic mass is 10.1. The number of aromatic nitrogens is 2. The molecular formula is C24H24N4O2S. The molecular weight excluding hydrogens is 408 g/mol. The number of nitrogens with zero attached hydrogens (tertiary/aromatic N) is 3. The van der Waals surface area contributed by atoms with Crippen LogP contribution in [0.15, 0.2) is 48.5 Å². The molecule has 3 heterocycles. The summed E-state index contributed by atoms with van der Waals surface area (Å²) in [6.07, 6.45) is 0.218. The van der Waals surface area contributed by atoms with Gasteiger partial charge in [0.1, 0.15) is 5.82 Å². The van der Waals surface area contributed by atoms with Crippen LogP contribution in [-0.4, -0.2) is 28.1 Å². The normalized spacial score (nSPS) is 17.8. The Kier molecular flexibility index (Phi) is 5.06. The minimum absolute atomic E-state index is 0.0185. The van der Waals surface area contributed by atoms with Crippen molar-refractivity contribution in [3.8, 4) is 5.69 Å². The predicted octanol–water partition coefficient (Wildman–Crippen LogP) is 4.23. The molecule has 0 radical (unpaired) electrons. The Bertz CT molecular complexity index is 1170. The number of rotatable bonds is 4. The molecule has 2 aliphatic heterocycles. The van der Waals surface area contributed by atoms with Gasteiger partial charge < -0.3 is 10.2 Å². The Hall–Kier alpha value is -3.06. The Morgan fingerprint density at radius 2 is 1.94 bits per heavy atom. The number of benzene rings is 2. The van der Waals surface area contributed by atoms with E-state index in [-0.39, 0.29) is 24.2 Å². The van der Waals surface area contributed by atoms with Crippen molar-refractivity contribution in [3.63, 3.8) is 0 Å². The van der Waals surface area contributed by atoms with Gasteiger partial charge in [0.2, 0.25) is 11.8 Å². The van der Waals surface area contributed by atoms with E-state index in [9.17, 15) is 9.59 Å². The number of hydrogen-bond acceptors (Lipinski definition) is 4. The molecule has 5 rings (SSSR count). The van der Waals surface area contributed by atoms with Crippen LogP contribution in [0, 0.1) is 19.8 Å². The molecule has 2 aromatic carbocycles. The number of aryl methyl sites for hydroxylation is 2. The highest BCUT2D eigenvalue weighted by Crippen LogP contribution is 2.37. The van der Waals surface area contributed by atoms with Gasteiger partial charge in [-0.25, -0.2) is 4.68 Å². The maximum Gasteiger partial charge on any atom is 0.230 e. The fourth-order valence-electron chi connectivity index (χ4n) is 4.32. The third-order valence-electron chi connectivity index (χ3n) is 5.94. The second kappa shape index (κ2) is 7.89. The Balaban J connectivity index is 1.43. The van der Waals surface area contributed by atoms with Gasteiger partial charge in [-0.15, -0.1) is 0 Å². The van der Waals surface area contributed by atoms with Gasteiger partial charge in [0.05, 0.1) is 17.3 Å². The van der Waals surface area contributed by atoms with Gasteiger partial charge in [-0.2, -0.15) is 16.9 Å². The van der Waals surface area contributed by atoms with E-state index in [2.05, 4.69) is 31.3 Å². The summed E-state index contributed by atoms with van der Waals surface area (Å²) in [6, 6.07) is 15.7. The van der Waals surface area contributed by atoms with Crippen LogP contribution in [0.1, 0.15) is 28.8 Å². The van der Waals surface area contributed by atoms with Crippen LogP contribution >= 0.6 is 11.8 Å². The molecule has 2 amide bonds. The van der Waals surface area contributed by atoms with E-state index in [0.717, 1.165) is 45.5 Å². The molecule has 158 valence electrons. The number of carbonyl (C=O) groups is 2. The lowest BCUT2D eigenvalue weighted by Gasteiger charge is -2.17. The monoisotopic (exact) mass is 432 g/mol. The average Bonchev–Trinajstić information content (AvgIpc) is 3.45. The first-order valence-corrected chi connectivity index (χ1v) is 11.6. The summed E-state index contributed by atoms with van der Waals surface area (Å²) in [4.78, 5) is 27.5. The standard InChI is InChI=1S/C24H24N4O2S/c1-15-8-9-21(16(2)10-15)28-23(19-13-31-14-20(19)26-28)25-24(30)17-11-22(29)27(12-17)18-6-4-3-5-7-18/h3-10,17H,11-14H2,1-2H3,(H,25,30). The Morgan fingerprint density at radius 3 is 2.71 bits per heavy atom. The molecule has 0 saturated carbocycles. The minimum Gasteiger partial charge on any atom is -0.312 e.